The number of para-hydroxylation sites is 1. The number of carbonyl (C=O) groups excluding carboxylic acids is 1. The average molecular weight is 245 g/mol. The highest BCUT2D eigenvalue weighted by Crippen LogP contribution is 2.18. The van der Waals surface area contributed by atoms with E-state index in [1.807, 2.05) is 0 Å². The molecule has 0 aliphatic carbocycles. The molecule has 1 fully saturated rings. The number of carbonyl (C=O) groups is 1. The molecule has 1 unspecified atom stereocenters. The number of rotatable bonds is 2. The van der Waals surface area contributed by atoms with Crippen LogP contribution < -0.4 is 10.2 Å². The van der Waals surface area contributed by atoms with Crippen molar-refractivity contribution in [1.29, 1.82) is 5.26 Å². The summed E-state index contributed by atoms with van der Waals surface area (Å²) in [6, 6.07) is 8.95. The summed E-state index contributed by atoms with van der Waals surface area (Å²) in [6.45, 7) is 1.24. The van der Waals surface area contributed by atoms with Gasteiger partial charge < -0.3 is 10.1 Å². The molecule has 0 radical (unpaired) electrons. The zero-order valence-corrected chi connectivity index (χ0v) is 10.2. The molecule has 2 amide bonds. The van der Waals surface area contributed by atoms with Crippen LogP contribution in [0.4, 0.5) is 10.5 Å². The van der Waals surface area contributed by atoms with Crippen LogP contribution in [-0.2, 0) is 4.74 Å². The van der Waals surface area contributed by atoms with E-state index in [4.69, 9.17) is 10.00 Å². The van der Waals surface area contributed by atoms with Gasteiger partial charge in [0.05, 0.1) is 23.9 Å². The second-order valence-electron chi connectivity index (χ2n) is 4.20. The maximum atomic E-state index is 12.0. The lowest BCUT2D eigenvalue weighted by Gasteiger charge is -2.21. The third kappa shape index (κ3) is 2.60. The van der Waals surface area contributed by atoms with Gasteiger partial charge in [-0.3, -0.25) is 4.90 Å². The second kappa shape index (κ2) is 5.52. The molecule has 1 aliphatic heterocycles. The minimum atomic E-state index is -0.215. The van der Waals surface area contributed by atoms with Crippen molar-refractivity contribution in [3.05, 3.63) is 29.8 Å². The third-order valence-electron chi connectivity index (χ3n) is 2.95. The molecule has 1 saturated heterocycles. The Labute approximate surface area is 106 Å². The highest BCUT2D eigenvalue weighted by molar-refractivity contribution is 5.93. The van der Waals surface area contributed by atoms with Gasteiger partial charge in [-0.05, 0) is 18.6 Å². The molecule has 18 heavy (non-hydrogen) atoms. The predicted octanol–water partition coefficient (Wildman–Crippen LogP) is 1.49. The number of urea groups is 1. The van der Waals surface area contributed by atoms with Crippen LogP contribution in [0, 0.1) is 11.3 Å². The Morgan fingerprint density at radius 1 is 1.56 bits per heavy atom. The van der Waals surface area contributed by atoms with Crippen LogP contribution in [0.15, 0.2) is 24.3 Å². The van der Waals surface area contributed by atoms with Crippen molar-refractivity contribution in [3.8, 4) is 6.07 Å². The van der Waals surface area contributed by atoms with Crippen LogP contribution in [0.5, 0.6) is 0 Å². The molecular formula is C13H15N3O2. The topological polar surface area (TPSA) is 65.4 Å². The number of ether oxygens (including phenoxy) is 1. The minimum Gasteiger partial charge on any atom is -0.379 e. The summed E-state index contributed by atoms with van der Waals surface area (Å²) >= 11 is 0. The summed E-state index contributed by atoms with van der Waals surface area (Å²) in [5.41, 5.74) is 1.09. The van der Waals surface area contributed by atoms with Crippen molar-refractivity contribution < 1.29 is 9.53 Å². The molecule has 1 aliphatic rings. The molecule has 2 rings (SSSR count). The van der Waals surface area contributed by atoms with Crippen molar-refractivity contribution in [2.75, 3.05) is 25.2 Å². The lowest BCUT2D eigenvalue weighted by atomic mass is 10.2. The van der Waals surface area contributed by atoms with E-state index in [1.165, 1.54) is 4.90 Å². The van der Waals surface area contributed by atoms with Gasteiger partial charge in [0.15, 0.2) is 0 Å². The fourth-order valence-corrected chi connectivity index (χ4v) is 1.89. The number of benzene rings is 1. The molecule has 0 saturated carbocycles. The van der Waals surface area contributed by atoms with Crippen molar-refractivity contribution >= 4 is 11.7 Å². The van der Waals surface area contributed by atoms with E-state index in [0.29, 0.717) is 24.5 Å². The maximum Gasteiger partial charge on any atom is 0.321 e. The van der Waals surface area contributed by atoms with Crippen molar-refractivity contribution in [1.82, 2.24) is 5.32 Å². The number of anilines is 1. The Balaban J connectivity index is 2.08. The molecule has 5 heteroatoms. The standard InChI is InChI=1S/C13H15N3O2/c1-16(12-5-3-2-4-10(12)8-14)13(17)15-11-6-7-18-9-11/h2-5,11H,6-7,9H2,1H3,(H,15,17). The fraction of sp³-hybridized carbons (Fsp3) is 0.385. The number of nitriles is 1. The first-order valence-corrected chi connectivity index (χ1v) is 5.83. The van der Waals surface area contributed by atoms with Gasteiger partial charge in [0.25, 0.3) is 0 Å². The van der Waals surface area contributed by atoms with Gasteiger partial charge in [0.1, 0.15) is 6.07 Å². The Bertz CT molecular complexity index is 475. The van der Waals surface area contributed by atoms with Crippen LogP contribution in [0.3, 0.4) is 0 Å². The number of nitrogens with zero attached hydrogens (tertiary/aromatic N) is 2. The predicted molar refractivity (Wildman–Crippen MR) is 67.3 cm³/mol. The largest absolute Gasteiger partial charge is 0.379 e. The van der Waals surface area contributed by atoms with Crippen molar-refractivity contribution in [2.24, 2.45) is 0 Å². The summed E-state index contributed by atoms with van der Waals surface area (Å²) in [5.74, 6) is 0. The fourth-order valence-electron chi connectivity index (χ4n) is 1.89. The quantitative estimate of drug-likeness (QED) is 0.858. The Hall–Kier alpha value is -2.06. The van der Waals surface area contributed by atoms with E-state index in [-0.39, 0.29) is 12.1 Å². The minimum absolute atomic E-state index is 0.0641. The molecule has 1 N–H and O–H groups in total. The van der Waals surface area contributed by atoms with Gasteiger partial charge in [-0.2, -0.15) is 5.26 Å². The lowest BCUT2D eigenvalue weighted by Crippen LogP contribution is -2.43. The maximum absolute atomic E-state index is 12.0. The van der Waals surface area contributed by atoms with Crippen LogP contribution in [0.1, 0.15) is 12.0 Å². The van der Waals surface area contributed by atoms with Gasteiger partial charge in [0.2, 0.25) is 0 Å². The first kappa shape index (κ1) is 12.4. The highest BCUT2D eigenvalue weighted by Gasteiger charge is 2.21. The summed E-state index contributed by atoms with van der Waals surface area (Å²) in [7, 11) is 1.65. The van der Waals surface area contributed by atoms with E-state index in [0.717, 1.165) is 6.42 Å². The molecule has 1 aromatic carbocycles. The second-order valence-corrected chi connectivity index (χ2v) is 4.20. The van der Waals surface area contributed by atoms with Gasteiger partial charge in [-0.15, -0.1) is 0 Å². The van der Waals surface area contributed by atoms with Crippen molar-refractivity contribution in [3.63, 3.8) is 0 Å². The van der Waals surface area contributed by atoms with Crippen LogP contribution in [-0.4, -0.2) is 32.3 Å². The first-order valence-electron chi connectivity index (χ1n) is 5.83. The highest BCUT2D eigenvalue weighted by atomic mass is 16.5. The van der Waals surface area contributed by atoms with Crippen LogP contribution in [0.2, 0.25) is 0 Å². The summed E-state index contributed by atoms with van der Waals surface area (Å²) in [6.07, 6.45) is 0.833. The van der Waals surface area contributed by atoms with E-state index in [9.17, 15) is 4.79 Å². The monoisotopic (exact) mass is 245 g/mol. The number of hydrogen-bond donors (Lipinski definition) is 1. The summed E-state index contributed by atoms with van der Waals surface area (Å²) in [4.78, 5) is 13.5. The summed E-state index contributed by atoms with van der Waals surface area (Å²) in [5, 5.41) is 11.9. The molecule has 0 spiro atoms. The van der Waals surface area contributed by atoms with Gasteiger partial charge in [-0.25, -0.2) is 4.79 Å². The van der Waals surface area contributed by atoms with E-state index < -0.39 is 0 Å². The Morgan fingerprint density at radius 2 is 2.33 bits per heavy atom. The smallest absolute Gasteiger partial charge is 0.321 e. The SMILES string of the molecule is CN(C(=O)NC1CCOC1)c1ccccc1C#N. The lowest BCUT2D eigenvalue weighted by molar-refractivity contribution is 0.189. The molecule has 1 heterocycles. The molecule has 5 nitrogen and oxygen atoms in total. The molecule has 0 aromatic heterocycles. The van der Waals surface area contributed by atoms with Crippen LogP contribution in [0.25, 0.3) is 0 Å². The molecule has 94 valence electrons. The zero-order valence-electron chi connectivity index (χ0n) is 10.2. The van der Waals surface area contributed by atoms with Gasteiger partial charge in [-0.1, -0.05) is 12.1 Å². The Morgan fingerprint density at radius 3 is 3.00 bits per heavy atom. The third-order valence-corrected chi connectivity index (χ3v) is 2.95. The van der Waals surface area contributed by atoms with Gasteiger partial charge in [0, 0.05) is 13.7 Å². The van der Waals surface area contributed by atoms with E-state index >= 15 is 0 Å². The molecular weight excluding hydrogens is 230 g/mol. The molecule has 0 bridgehead atoms. The normalized spacial score (nSPS) is 18.1. The first-order chi connectivity index (χ1) is 8.72. The number of amides is 2. The van der Waals surface area contributed by atoms with Crippen molar-refractivity contribution in [2.45, 2.75) is 12.5 Å². The van der Waals surface area contributed by atoms with Crippen LogP contribution >= 0.6 is 0 Å². The number of nitrogens with one attached hydrogen (secondary N) is 1. The molecule has 1 atom stereocenters. The Kier molecular flexibility index (Phi) is 3.80. The van der Waals surface area contributed by atoms with Gasteiger partial charge >= 0.3 is 6.03 Å². The average Bonchev–Trinajstić information content (AvgIpc) is 2.90. The summed E-state index contributed by atoms with van der Waals surface area (Å²) < 4.78 is 5.20. The number of hydrogen-bond acceptors (Lipinski definition) is 3. The van der Waals surface area contributed by atoms with E-state index in [2.05, 4.69) is 11.4 Å². The zero-order chi connectivity index (χ0) is 13.0. The van der Waals surface area contributed by atoms with E-state index in [1.54, 1.807) is 31.3 Å². The molecule has 1 aromatic rings.